The van der Waals surface area contributed by atoms with Crippen LogP contribution in [0.4, 0.5) is 0 Å². The van der Waals surface area contributed by atoms with Gasteiger partial charge >= 0.3 is 0 Å². The SMILES string of the molecule is C#CCc1c(C)nc2c(OCc3ccccc3SC)cccn12. The van der Waals surface area contributed by atoms with Crippen LogP contribution in [0.25, 0.3) is 5.65 Å². The van der Waals surface area contributed by atoms with Crippen LogP contribution in [0, 0.1) is 19.3 Å². The first-order valence-electron chi connectivity index (χ1n) is 7.39. The minimum atomic E-state index is 0.521. The standard InChI is InChI=1S/C19H18N2OS/c1-4-8-16-14(2)20-19-17(10-7-12-21(16)19)22-13-15-9-5-6-11-18(15)23-3/h1,5-7,9-12H,8,13H2,2-3H3. The number of nitrogens with zero attached hydrogens (tertiary/aromatic N) is 2. The predicted molar refractivity (Wildman–Crippen MR) is 95.0 cm³/mol. The number of fused-ring (bicyclic) bond motifs is 1. The molecule has 0 N–H and O–H groups in total. The molecule has 0 radical (unpaired) electrons. The van der Waals surface area contributed by atoms with E-state index >= 15 is 0 Å². The summed E-state index contributed by atoms with van der Waals surface area (Å²) in [6.07, 6.45) is 10.1. The molecule has 3 nitrogen and oxygen atoms in total. The predicted octanol–water partition coefficient (Wildman–Crippen LogP) is 4.12. The fourth-order valence-electron chi connectivity index (χ4n) is 2.60. The van der Waals surface area contributed by atoms with E-state index in [1.54, 1.807) is 11.8 Å². The van der Waals surface area contributed by atoms with Crippen LogP contribution in [0.3, 0.4) is 0 Å². The molecular weight excluding hydrogens is 304 g/mol. The average Bonchev–Trinajstić information content (AvgIpc) is 2.90. The van der Waals surface area contributed by atoms with Gasteiger partial charge in [-0.1, -0.05) is 18.2 Å². The van der Waals surface area contributed by atoms with Gasteiger partial charge < -0.3 is 4.74 Å². The molecule has 0 aliphatic heterocycles. The number of aryl methyl sites for hydroxylation is 1. The molecule has 0 bridgehead atoms. The molecule has 23 heavy (non-hydrogen) atoms. The number of thioether (sulfide) groups is 1. The van der Waals surface area contributed by atoms with E-state index in [9.17, 15) is 0 Å². The summed E-state index contributed by atoms with van der Waals surface area (Å²) in [6.45, 7) is 2.50. The maximum atomic E-state index is 6.05. The Kier molecular flexibility index (Phi) is 4.59. The van der Waals surface area contributed by atoms with E-state index in [0.717, 1.165) is 22.8 Å². The number of pyridine rings is 1. The summed E-state index contributed by atoms with van der Waals surface area (Å²) in [4.78, 5) is 5.85. The topological polar surface area (TPSA) is 26.5 Å². The molecule has 2 aromatic heterocycles. The lowest BCUT2D eigenvalue weighted by Crippen LogP contribution is -2.00. The zero-order valence-electron chi connectivity index (χ0n) is 13.2. The second-order valence-electron chi connectivity index (χ2n) is 5.19. The van der Waals surface area contributed by atoms with E-state index in [-0.39, 0.29) is 0 Å². The van der Waals surface area contributed by atoms with E-state index in [1.165, 1.54) is 10.5 Å². The molecule has 0 saturated heterocycles. The molecule has 0 fully saturated rings. The van der Waals surface area contributed by atoms with Gasteiger partial charge in [0, 0.05) is 16.7 Å². The first kappa shape index (κ1) is 15.5. The Hall–Kier alpha value is -2.38. The van der Waals surface area contributed by atoms with Gasteiger partial charge in [-0.2, -0.15) is 0 Å². The number of ether oxygens (including phenoxy) is 1. The largest absolute Gasteiger partial charge is 0.485 e. The smallest absolute Gasteiger partial charge is 0.180 e. The molecule has 4 heteroatoms. The van der Waals surface area contributed by atoms with Gasteiger partial charge in [-0.25, -0.2) is 4.98 Å². The van der Waals surface area contributed by atoms with Crippen molar-refractivity contribution in [2.75, 3.05) is 6.26 Å². The van der Waals surface area contributed by atoms with Gasteiger partial charge in [0.1, 0.15) is 6.61 Å². The minimum absolute atomic E-state index is 0.521. The van der Waals surface area contributed by atoms with Crippen molar-refractivity contribution in [2.24, 2.45) is 0 Å². The summed E-state index contributed by atoms with van der Waals surface area (Å²) in [5.41, 5.74) is 3.98. The van der Waals surface area contributed by atoms with E-state index in [0.29, 0.717) is 13.0 Å². The maximum Gasteiger partial charge on any atom is 0.180 e. The molecule has 3 rings (SSSR count). The van der Waals surface area contributed by atoms with E-state index in [1.807, 2.05) is 41.8 Å². The normalized spacial score (nSPS) is 10.7. The van der Waals surface area contributed by atoms with Crippen LogP contribution < -0.4 is 4.74 Å². The Morgan fingerprint density at radius 2 is 2.09 bits per heavy atom. The number of terminal acetylenes is 1. The molecule has 0 atom stereocenters. The fraction of sp³-hybridized carbons (Fsp3) is 0.211. The van der Waals surface area contributed by atoms with Gasteiger partial charge in [-0.15, -0.1) is 24.1 Å². The highest BCUT2D eigenvalue weighted by atomic mass is 32.2. The highest BCUT2D eigenvalue weighted by molar-refractivity contribution is 7.98. The molecule has 2 heterocycles. The molecule has 1 aromatic carbocycles. The van der Waals surface area contributed by atoms with Crippen LogP contribution in [0.5, 0.6) is 5.75 Å². The Labute approximate surface area is 140 Å². The van der Waals surface area contributed by atoms with Crippen molar-refractivity contribution >= 4 is 17.4 Å². The summed E-state index contributed by atoms with van der Waals surface area (Å²) in [6, 6.07) is 12.2. The third kappa shape index (κ3) is 3.06. The van der Waals surface area contributed by atoms with Crippen molar-refractivity contribution in [1.82, 2.24) is 9.38 Å². The van der Waals surface area contributed by atoms with Crippen LogP contribution in [0.15, 0.2) is 47.5 Å². The van der Waals surface area contributed by atoms with Gasteiger partial charge in [0.15, 0.2) is 11.4 Å². The van der Waals surface area contributed by atoms with Gasteiger partial charge in [-0.05, 0) is 31.4 Å². The maximum absolute atomic E-state index is 6.05. The first-order valence-corrected chi connectivity index (χ1v) is 8.61. The molecule has 3 aromatic rings. The first-order chi connectivity index (χ1) is 11.2. The molecule has 0 aliphatic rings. The molecule has 0 amide bonds. The van der Waals surface area contributed by atoms with E-state index in [4.69, 9.17) is 11.2 Å². The molecule has 0 unspecified atom stereocenters. The van der Waals surface area contributed by atoms with Crippen molar-refractivity contribution in [3.8, 4) is 18.1 Å². The number of hydrogen-bond acceptors (Lipinski definition) is 3. The Morgan fingerprint density at radius 1 is 1.26 bits per heavy atom. The number of imidazole rings is 1. The number of benzene rings is 1. The number of rotatable bonds is 5. The third-order valence-corrected chi connectivity index (χ3v) is 4.60. The van der Waals surface area contributed by atoms with Crippen molar-refractivity contribution in [3.05, 3.63) is 59.5 Å². The third-order valence-electron chi connectivity index (χ3n) is 3.76. The van der Waals surface area contributed by atoms with Crippen LogP contribution in [-0.4, -0.2) is 15.6 Å². The molecule has 116 valence electrons. The second kappa shape index (κ2) is 6.80. The van der Waals surface area contributed by atoms with Crippen molar-refractivity contribution in [3.63, 3.8) is 0 Å². The van der Waals surface area contributed by atoms with Gasteiger partial charge in [0.05, 0.1) is 17.8 Å². The summed E-state index contributed by atoms with van der Waals surface area (Å²) in [5, 5.41) is 0. The van der Waals surface area contributed by atoms with Crippen LogP contribution in [0.2, 0.25) is 0 Å². The van der Waals surface area contributed by atoms with Crippen molar-refractivity contribution < 1.29 is 4.74 Å². The Balaban J connectivity index is 1.92. The minimum Gasteiger partial charge on any atom is -0.485 e. The highest BCUT2D eigenvalue weighted by Crippen LogP contribution is 2.25. The van der Waals surface area contributed by atoms with Crippen LogP contribution in [-0.2, 0) is 13.0 Å². The van der Waals surface area contributed by atoms with E-state index < -0.39 is 0 Å². The van der Waals surface area contributed by atoms with E-state index in [2.05, 4.69) is 29.3 Å². The fourth-order valence-corrected chi connectivity index (χ4v) is 3.21. The highest BCUT2D eigenvalue weighted by Gasteiger charge is 2.12. The summed E-state index contributed by atoms with van der Waals surface area (Å²) in [7, 11) is 0. The zero-order valence-corrected chi connectivity index (χ0v) is 14.1. The number of aromatic nitrogens is 2. The molecule has 0 spiro atoms. The summed E-state index contributed by atoms with van der Waals surface area (Å²) >= 11 is 1.72. The Morgan fingerprint density at radius 3 is 2.87 bits per heavy atom. The van der Waals surface area contributed by atoms with Crippen LogP contribution >= 0.6 is 11.8 Å². The van der Waals surface area contributed by atoms with Gasteiger partial charge in [0.25, 0.3) is 0 Å². The van der Waals surface area contributed by atoms with Crippen molar-refractivity contribution in [1.29, 1.82) is 0 Å². The van der Waals surface area contributed by atoms with Gasteiger partial charge in [-0.3, -0.25) is 4.40 Å². The lowest BCUT2D eigenvalue weighted by molar-refractivity contribution is 0.305. The van der Waals surface area contributed by atoms with Gasteiger partial charge in [0.2, 0.25) is 0 Å². The number of hydrogen-bond donors (Lipinski definition) is 0. The van der Waals surface area contributed by atoms with Crippen LogP contribution in [0.1, 0.15) is 17.0 Å². The average molecular weight is 322 g/mol. The summed E-state index contributed by atoms with van der Waals surface area (Å²) < 4.78 is 8.06. The molecule has 0 aliphatic carbocycles. The van der Waals surface area contributed by atoms with Crippen molar-refractivity contribution in [2.45, 2.75) is 24.8 Å². The lowest BCUT2D eigenvalue weighted by atomic mass is 10.2. The monoisotopic (exact) mass is 322 g/mol. The zero-order chi connectivity index (χ0) is 16.2. The molecule has 0 saturated carbocycles. The summed E-state index contributed by atoms with van der Waals surface area (Å²) in [5.74, 6) is 3.46. The Bertz CT molecular complexity index is 877. The lowest BCUT2D eigenvalue weighted by Gasteiger charge is -2.10. The molecular formula is C19H18N2OS. The quantitative estimate of drug-likeness (QED) is 0.522. The second-order valence-corrected chi connectivity index (χ2v) is 6.04.